The zero-order valence-corrected chi connectivity index (χ0v) is 14.2. The van der Waals surface area contributed by atoms with Gasteiger partial charge in [0.15, 0.2) is 0 Å². The van der Waals surface area contributed by atoms with Crippen LogP contribution in [0.3, 0.4) is 0 Å². The van der Waals surface area contributed by atoms with Crippen molar-refractivity contribution >= 4 is 33.1 Å². The van der Waals surface area contributed by atoms with Gasteiger partial charge in [0.1, 0.15) is 22.2 Å². The second kappa shape index (κ2) is 5.81. The van der Waals surface area contributed by atoms with Gasteiger partial charge in [-0.2, -0.15) is 0 Å². The predicted octanol–water partition coefficient (Wildman–Crippen LogP) is 4.63. The Morgan fingerprint density at radius 3 is 2.78 bits per heavy atom. The lowest BCUT2D eigenvalue weighted by Gasteiger charge is -2.10. The van der Waals surface area contributed by atoms with Crippen LogP contribution in [0, 0.1) is 6.92 Å². The SMILES string of the molecule is CCOc1ccc(Nc2nc(C)nc3sc4c(c23)CCC4)cc1. The van der Waals surface area contributed by atoms with Gasteiger partial charge in [0.05, 0.1) is 12.0 Å². The summed E-state index contributed by atoms with van der Waals surface area (Å²) in [6.07, 6.45) is 3.56. The van der Waals surface area contributed by atoms with E-state index in [2.05, 4.69) is 15.3 Å². The molecule has 2 aromatic heterocycles. The van der Waals surface area contributed by atoms with Crippen molar-refractivity contribution in [3.8, 4) is 5.75 Å². The number of aryl methyl sites for hydroxylation is 3. The monoisotopic (exact) mass is 325 g/mol. The number of ether oxygens (including phenoxy) is 1. The zero-order valence-electron chi connectivity index (χ0n) is 13.3. The molecule has 0 saturated carbocycles. The van der Waals surface area contributed by atoms with Crippen molar-refractivity contribution in [2.24, 2.45) is 0 Å². The number of thiophene rings is 1. The van der Waals surface area contributed by atoms with Crippen LogP contribution in [0.4, 0.5) is 11.5 Å². The van der Waals surface area contributed by atoms with E-state index in [1.165, 1.54) is 28.7 Å². The van der Waals surface area contributed by atoms with Crippen molar-refractivity contribution in [3.05, 3.63) is 40.5 Å². The Balaban J connectivity index is 1.73. The summed E-state index contributed by atoms with van der Waals surface area (Å²) in [5, 5.41) is 4.68. The van der Waals surface area contributed by atoms with Gasteiger partial charge in [-0.25, -0.2) is 9.97 Å². The van der Waals surface area contributed by atoms with E-state index in [9.17, 15) is 0 Å². The molecule has 118 valence electrons. The maximum absolute atomic E-state index is 5.50. The summed E-state index contributed by atoms with van der Waals surface area (Å²) in [7, 11) is 0. The minimum Gasteiger partial charge on any atom is -0.494 e. The molecule has 1 aliphatic carbocycles. The fraction of sp³-hybridized carbons (Fsp3) is 0.333. The molecule has 0 atom stereocenters. The number of hydrogen-bond donors (Lipinski definition) is 1. The van der Waals surface area contributed by atoms with Gasteiger partial charge < -0.3 is 10.1 Å². The lowest BCUT2D eigenvalue weighted by atomic mass is 10.2. The second-order valence-corrected chi connectivity index (χ2v) is 6.82. The third-order valence-corrected chi connectivity index (χ3v) is 5.29. The second-order valence-electron chi connectivity index (χ2n) is 5.74. The van der Waals surface area contributed by atoms with Crippen LogP contribution in [-0.4, -0.2) is 16.6 Å². The Morgan fingerprint density at radius 1 is 1.17 bits per heavy atom. The van der Waals surface area contributed by atoms with E-state index in [1.807, 2.05) is 49.4 Å². The maximum atomic E-state index is 5.50. The average molecular weight is 325 g/mol. The molecule has 23 heavy (non-hydrogen) atoms. The smallest absolute Gasteiger partial charge is 0.143 e. The third kappa shape index (κ3) is 2.65. The first-order valence-corrected chi connectivity index (χ1v) is 8.85. The molecule has 0 unspecified atom stereocenters. The molecule has 0 saturated heterocycles. The van der Waals surface area contributed by atoms with Crippen molar-refractivity contribution in [1.82, 2.24) is 9.97 Å². The lowest BCUT2D eigenvalue weighted by Crippen LogP contribution is -1.99. The summed E-state index contributed by atoms with van der Waals surface area (Å²) in [5.74, 6) is 2.63. The summed E-state index contributed by atoms with van der Waals surface area (Å²) in [6, 6.07) is 8.02. The molecule has 1 aromatic carbocycles. The number of nitrogens with zero attached hydrogens (tertiary/aromatic N) is 2. The van der Waals surface area contributed by atoms with E-state index in [4.69, 9.17) is 4.74 Å². The fourth-order valence-corrected chi connectivity index (χ4v) is 4.44. The molecule has 2 heterocycles. The van der Waals surface area contributed by atoms with Crippen LogP contribution >= 0.6 is 11.3 Å². The Hall–Kier alpha value is -2.14. The van der Waals surface area contributed by atoms with Gasteiger partial charge in [-0.05, 0) is 62.9 Å². The van der Waals surface area contributed by atoms with Crippen LogP contribution in [0.1, 0.15) is 29.6 Å². The van der Waals surface area contributed by atoms with Crippen LogP contribution in [0.5, 0.6) is 5.75 Å². The van der Waals surface area contributed by atoms with Gasteiger partial charge in [0.2, 0.25) is 0 Å². The van der Waals surface area contributed by atoms with Gasteiger partial charge in [-0.1, -0.05) is 0 Å². The fourth-order valence-electron chi connectivity index (χ4n) is 3.13. The molecule has 0 fully saturated rings. The Labute approximate surface area is 139 Å². The van der Waals surface area contributed by atoms with Crippen molar-refractivity contribution < 1.29 is 4.74 Å². The first-order chi connectivity index (χ1) is 11.2. The molecular weight excluding hydrogens is 306 g/mol. The molecule has 0 spiro atoms. The third-order valence-electron chi connectivity index (χ3n) is 4.10. The van der Waals surface area contributed by atoms with E-state index in [-0.39, 0.29) is 0 Å². The molecule has 1 N–H and O–H groups in total. The van der Waals surface area contributed by atoms with E-state index < -0.39 is 0 Å². The van der Waals surface area contributed by atoms with Gasteiger partial charge in [0.25, 0.3) is 0 Å². The standard InChI is InChI=1S/C18H19N3OS/c1-3-22-13-9-7-12(8-10-13)21-17-16-14-5-4-6-15(14)23-18(16)20-11(2)19-17/h7-10H,3-6H2,1-2H3,(H,19,20,21). The number of nitrogens with one attached hydrogen (secondary N) is 1. The minimum absolute atomic E-state index is 0.680. The highest BCUT2D eigenvalue weighted by molar-refractivity contribution is 7.19. The lowest BCUT2D eigenvalue weighted by molar-refractivity contribution is 0.340. The van der Waals surface area contributed by atoms with Crippen LogP contribution in [-0.2, 0) is 12.8 Å². The van der Waals surface area contributed by atoms with E-state index in [1.54, 1.807) is 0 Å². The normalized spacial score (nSPS) is 13.3. The Morgan fingerprint density at radius 2 is 2.00 bits per heavy atom. The number of rotatable bonds is 4. The van der Waals surface area contributed by atoms with E-state index in [0.29, 0.717) is 6.61 Å². The van der Waals surface area contributed by atoms with Crippen molar-refractivity contribution in [2.75, 3.05) is 11.9 Å². The summed E-state index contributed by atoms with van der Waals surface area (Å²) in [4.78, 5) is 11.9. The topological polar surface area (TPSA) is 47.0 Å². The van der Waals surface area contributed by atoms with E-state index in [0.717, 1.165) is 34.3 Å². The maximum Gasteiger partial charge on any atom is 0.143 e. The predicted molar refractivity (Wildman–Crippen MR) is 95.1 cm³/mol. The zero-order chi connectivity index (χ0) is 15.8. The van der Waals surface area contributed by atoms with Gasteiger partial charge >= 0.3 is 0 Å². The van der Waals surface area contributed by atoms with Crippen LogP contribution in [0.2, 0.25) is 0 Å². The van der Waals surface area contributed by atoms with Crippen molar-refractivity contribution in [3.63, 3.8) is 0 Å². The Kier molecular flexibility index (Phi) is 3.65. The minimum atomic E-state index is 0.680. The quantitative estimate of drug-likeness (QED) is 0.759. The van der Waals surface area contributed by atoms with Gasteiger partial charge in [-0.15, -0.1) is 11.3 Å². The molecule has 0 amide bonds. The van der Waals surface area contributed by atoms with Crippen LogP contribution < -0.4 is 10.1 Å². The molecule has 3 aromatic rings. The highest BCUT2D eigenvalue weighted by Gasteiger charge is 2.21. The molecule has 5 heteroatoms. The van der Waals surface area contributed by atoms with Crippen LogP contribution in [0.25, 0.3) is 10.2 Å². The van der Waals surface area contributed by atoms with Crippen molar-refractivity contribution in [2.45, 2.75) is 33.1 Å². The summed E-state index contributed by atoms with van der Waals surface area (Å²) < 4.78 is 5.50. The van der Waals surface area contributed by atoms with Gasteiger partial charge in [0, 0.05) is 10.6 Å². The molecule has 4 rings (SSSR count). The molecule has 0 aliphatic heterocycles. The van der Waals surface area contributed by atoms with Gasteiger partial charge in [-0.3, -0.25) is 0 Å². The largest absolute Gasteiger partial charge is 0.494 e. The average Bonchev–Trinajstić information content (AvgIpc) is 3.09. The molecule has 1 aliphatic rings. The number of hydrogen-bond acceptors (Lipinski definition) is 5. The number of benzene rings is 1. The van der Waals surface area contributed by atoms with Crippen LogP contribution in [0.15, 0.2) is 24.3 Å². The highest BCUT2D eigenvalue weighted by atomic mass is 32.1. The highest BCUT2D eigenvalue weighted by Crippen LogP contribution is 2.40. The molecule has 0 radical (unpaired) electrons. The van der Waals surface area contributed by atoms with Crippen molar-refractivity contribution in [1.29, 1.82) is 0 Å². The number of fused-ring (bicyclic) bond motifs is 3. The number of aromatic nitrogens is 2. The summed E-state index contributed by atoms with van der Waals surface area (Å²) >= 11 is 1.82. The first kappa shape index (κ1) is 14.5. The first-order valence-electron chi connectivity index (χ1n) is 8.03. The molecule has 4 nitrogen and oxygen atoms in total. The number of anilines is 2. The van der Waals surface area contributed by atoms with E-state index >= 15 is 0 Å². The molecular formula is C18H19N3OS. The summed E-state index contributed by atoms with van der Waals surface area (Å²) in [6.45, 7) is 4.62. The Bertz CT molecular complexity index is 855. The molecule has 0 bridgehead atoms. The summed E-state index contributed by atoms with van der Waals surface area (Å²) in [5.41, 5.74) is 2.46.